The van der Waals surface area contributed by atoms with Crippen molar-refractivity contribution in [2.24, 2.45) is 0 Å². The molecule has 0 bridgehead atoms. The van der Waals surface area contributed by atoms with Crippen molar-refractivity contribution < 1.29 is 31.5 Å². The lowest BCUT2D eigenvalue weighted by Gasteiger charge is -2.18. The quantitative estimate of drug-likeness (QED) is 0.547. The Morgan fingerprint density at radius 1 is 1.03 bits per heavy atom. The lowest BCUT2D eigenvalue weighted by atomic mass is 10.1. The predicted octanol–water partition coefficient (Wildman–Crippen LogP) is 4.15. The monoisotopic (exact) mass is 414 g/mol. The molecule has 156 valence electrons. The third-order valence-electron chi connectivity index (χ3n) is 4.16. The Bertz CT molecular complexity index is 866. The maximum atomic E-state index is 13.5. The van der Waals surface area contributed by atoms with Crippen molar-refractivity contribution in [1.82, 2.24) is 10.2 Å². The van der Waals surface area contributed by atoms with E-state index >= 15 is 0 Å². The molecule has 9 heteroatoms. The minimum atomic E-state index is -4.42. The van der Waals surface area contributed by atoms with Gasteiger partial charge in [-0.2, -0.15) is 13.2 Å². The first-order chi connectivity index (χ1) is 13.6. The van der Waals surface area contributed by atoms with E-state index in [0.29, 0.717) is 11.6 Å². The maximum absolute atomic E-state index is 13.5. The van der Waals surface area contributed by atoms with E-state index in [-0.39, 0.29) is 37.4 Å². The molecule has 4 nitrogen and oxygen atoms in total. The number of hydrogen-bond donors (Lipinski definition) is 1. The van der Waals surface area contributed by atoms with Gasteiger partial charge in [0.2, 0.25) is 5.91 Å². The van der Waals surface area contributed by atoms with Gasteiger partial charge in [-0.15, -0.1) is 0 Å². The summed E-state index contributed by atoms with van der Waals surface area (Å²) in [5.74, 6) is -2.74. The molecule has 2 rings (SSSR count). The molecule has 0 unspecified atom stereocenters. The van der Waals surface area contributed by atoms with Crippen LogP contribution in [0, 0.1) is 11.6 Å². The van der Waals surface area contributed by atoms with Gasteiger partial charge in [-0.1, -0.05) is 12.1 Å². The number of carbonyl (C=O) groups is 2. The summed E-state index contributed by atoms with van der Waals surface area (Å²) in [5, 5.41) is 2.44. The number of hydrogen-bond acceptors (Lipinski definition) is 2. The van der Waals surface area contributed by atoms with E-state index in [4.69, 9.17) is 0 Å². The van der Waals surface area contributed by atoms with Gasteiger partial charge in [-0.25, -0.2) is 8.78 Å². The fourth-order valence-electron chi connectivity index (χ4n) is 2.56. The molecule has 2 amide bonds. The van der Waals surface area contributed by atoms with E-state index in [1.54, 1.807) is 0 Å². The fraction of sp³-hybridized carbons (Fsp3) is 0.300. The number of benzene rings is 2. The van der Waals surface area contributed by atoms with Crippen LogP contribution >= 0.6 is 0 Å². The van der Waals surface area contributed by atoms with Gasteiger partial charge < -0.3 is 10.2 Å². The minimum absolute atomic E-state index is 0.0866. The number of amides is 2. The molecule has 0 fully saturated rings. The largest absolute Gasteiger partial charge is 0.416 e. The van der Waals surface area contributed by atoms with Crippen molar-refractivity contribution in [1.29, 1.82) is 0 Å². The van der Waals surface area contributed by atoms with Crippen LogP contribution in [0.3, 0.4) is 0 Å². The van der Waals surface area contributed by atoms with Crippen LogP contribution in [-0.4, -0.2) is 30.3 Å². The zero-order valence-corrected chi connectivity index (χ0v) is 15.5. The standard InChI is InChI=1S/C20H19F5N2O2/c1-27(12-13-4-6-14(7-5-13)20(23,24)25)18(28)3-2-10-26-19(29)16-9-8-15(21)11-17(16)22/h4-9,11H,2-3,10,12H2,1H3,(H,26,29). The molecule has 29 heavy (non-hydrogen) atoms. The van der Waals surface area contributed by atoms with E-state index in [9.17, 15) is 31.5 Å². The molecule has 0 aliphatic heterocycles. The molecule has 0 aromatic heterocycles. The van der Waals surface area contributed by atoms with E-state index in [1.165, 1.54) is 24.1 Å². The smallest absolute Gasteiger partial charge is 0.352 e. The summed E-state index contributed by atoms with van der Waals surface area (Å²) in [4.78, 5) is 25.3. The van der Waals surface area contributed by atoms with Crippen molar-refractivity contribution in [3.05, 3.63) is 70.8 Å². The fourth-order valence-corrected chi connectivity index (χ4v) is 2.56. The molecule has 0 spiro atoms. The third kappa shape index (κ3) is 6.55. The summed E-state index contributed by atoms with van der Waals surface area (Å²) in [7, 11) is 1.52. The van der Waals surface area contributed by atoms with Gasteiger partial charge in [0.15, 0.2) is 0 Å². The second-order valence-corrected chi connectivity index (χ2v) is 6.43. The summed E-state index contributed by atoms with van der Waals surface area (Å²) in [5.41, 5.74) is -0.505. The number of halogens is 5. The summed E-state index contributed by atoms with van der Waals surface area (Å²) < 4.78 is 64.0. The van der Waals surface area contributed by atoms with Crippen LogP contribution in [-0.2, 0) is 17.5 Å². The van der Waals surface area contributed by atoms with Crippen LogP contribution in [0.25, 0.3) is 0 Å². The number of nitrogens with one attached hydrogen (secondary N) is 1. The van der Waals surface area contributed by atoms with Gasteiger partial charge in [-0.3, -0.25) is 9.59 Å². The van der Waals surface area contributed by atoms with Crippen molar-refractivity contribution in [3.63, 3.8) is 0 Å². The molecular formula is C20H19F5N2O2. The minimum Gasteiger partial charge on any atom is -0.352 e. The first-order valence-corrected chi connectivity index (χ1v) is 8.71. The summed E-state index contributed by atoms with van der Waals surface area (Å²) in [6.45, 7) is 0.250. The Kier molecular flexibility index (Phi) is 7.30. The van der Waals surface area contributed by atoms with Crippen LogP contribution in [0.1, 0.15) is 34.3 Å². The topological polar surface area (TPSA) is 49.4 Å². The maximum Gasteiger partial charge on any atom is 0.416 e. The first kappa shape index (κ1) is 22.3. The van der Waals surface area contributed by atoms with Crippen LogP contribution in [0.2, 0.25) is 0 Å². The Labute approximate surface area is 164 Å². The van der Waals surface area contributed by atoms with Crippen molar-refractivity contribution >= 4 is 11.8 Å². The van der Waals surface area contributed by atoms with Gasteiger partial charge in [0.05, 0.1) is 11.1 Å². The average Bonchev–Trinajstić information content (AvgIpc) is 2.64. The van der Waals surface area contributed by atoms with Crippen LogP contribution < -0.4 is 5.32 Å². The molecule has 0 atom stereocenters. The summed E-state index contributed by atoms with van der Waals surface area (Å²) in [6, 6.07) is 7.14. The molecule has 2 aromatic rings. The van der Waals surface area contributed by atoms with Crippen LogP contribution in [0.5, 0.6) is 0 Å². The number of nitrogens with zero attached hydrogens (tertiary/aromatic N) is 1. The second-order valence-electron chi connectivity index (χ2n) is 6.43. The molecule has 0 saturated heterocycles. The normalized spacial score (nSPS) is 11.2. The Hall–Kier alpha value is -2.97. The molecule has 1 N–H and O–H groups in total. The highest BCUT2D eigenvalue weighted by Crippen LogP contribution is 2.29. The molecular weight excluding hydrogens is 395 g/mol. The Morgan fingerprint density at radius 3 is 2.28 bits per heavy atom. The van der Waals surface area contributed by atoms with Crippen molar-refractivity contribution in [3.8, 4) is 0 Å². The third-order valence-corrected chi connectivity index (χ3v) is 4.16. The van der Waals surface area contributed by atoms with E-state index in [2.05, 4.69) is 5.32 Å². The molecule has 0 saturated carbocycles. The highest BCUT2D eigenvalue weighted by Gasteiger charge is 2.30. The Morgan fingerprint density at radius 2 is 1.69 bits per heavy atom. The number of carbonyl (C=O) groups excluding carboxylic acids is 2. The second kappa shape index (κ2) is 9.49. The predicted molar refractivity (Wildman–Crippen MR) is 95.8 cm³/mol. The molecule has 0 aliphatic carbocycles. The molecule has 0 heterocycles. The zero-order valence-electron chi connectivity index (χ0n) is 15.5. The van der Waals surface area contributed by atoms with Crippen molar-refractivity contribution in [2.45, 2.75) is 25.6 Å². The summed E-state index contributed by atoms with van der Waals surface area (Å²) >= 11 is 0. The highest BCUT2D eigenvalue weighted by atomic mass is 19.4. The number of rotatable bonds is 7. The van der Waals surface area contributed by atoms with Gasteiger partial charge in [0, 0.05) is 32.6 Å². The lowest BCUT2D eigenvalue weighted by molar-refractivity contribution is -0.137. The van der Waals surface area contributed by atoms with E-state index in [0.717, 1.165) is 24.3 Å². The molecule has 0 radical (unpaired) electrons. The van der Waals surface area contributed by atoms with Gasteiger partial charge >= 0.3 is 6.18 Å². The first-order valence-electron chi connectivity index (χ1n) is 8.71. The van der Waals surface area contributed by atoms with E-state index < -0.39 is 29.3 Å². The van der Waals surface area contributed by atoms with Gasteiger partial charge in [0.1, 0.15) is 11.6 Å². The van der Waals surface area contributed by atoms with Gasteiger partial charge in [0.25, 0.3) is 5.91 Å². The average molecular weight is 414 g/mol. The Balaban J connectivity index is 1.76. The van der Waals surface area contributed by atoms with E-state index in [1.807, 2.05) is 0 Å². The highest BCUT2D eigenvalue weighted by molar-refractivity contribution is 5.94. The lowest BCUT2D eigenvalue weighted by Crippen LogP contribution is -2.29. The zero-order chi connectivity index (χ0) is 21.6. The SMILES string of the molecule is CN(Cc1ccc(C(F)(F)F)cc1)C(=O)CCCNC(=O)c1ccc(F)cc1F. The van der Waals surface area contributed by atoms with Crippen molar-refractivity contribution in [2.75, 3.05) is 13.6 Å². The molecule has 0 aliphatic rings. The molecule has 2 aromatic carbocycles. The number of alkyl halides is 3. The van der Waals surface area contributed by atoms with Crippen LogP contribution in [0.4, 0.5) is 22.0 Å². The van der Waals surface area contributed by atoms with Crippen LogP contribution in [0.15, 0.2) is 42.5 Å². The van der Waals surface area contributed by atoms with Gasteiger partial charge in [-0.05, 0) is 36.2 Å². The summed E-state index contributed by atoms with van der Waals surface area (Å²) in [6.07, 6.45) is -4.05.